The summed E-state index contributed by atoms with van der Waals surface area (Å²) in [4.78, 5) is 13.6. The summed E-state index contributed by atoms with van der Waals surface area (Å²) in [6.45, 7) is 8.31. The van der Waals surface area contributed by atoms with Gasteiger partial charge in [0.05, 0.1) is 35.6 Å². The van der Waals surface area contributed by atoms with Gasteiger partial charge in [-0.2, -0.15) is 5.26 Å². The average Bonchev–Trinajstić information content (AvgIpc) is 3.35. The second-order valence-corrected chi connectivity index (χ2v) is 9.57. The van der Waals surface area contributed by atoms with Crippen molar-refractivity contribution in [2.75, 3.05) is 42.5 Å². The normalized spacial score (nSPS) is 22.5. The van der Waals surface area contributed by atoms with E-state index < -0.39 is 0 Å². The lowest BCUT2D eigenvalue weighted by atomic mass is 10.1. The van der Waals surface area contributed by atoms with Crippen LogP contribution in [0.4, 0.5) is 11.4 Å². The lowest BCUT2D eigenvalue weighted by Crippen LogP contribution is -2.51. The van der Waals surface area contributed by atoms with Crippen LogP contribution >= 0.6 is 0 Å². The van der Waals surface area contributed by atoms with Gasteiger partial charge < -0.3 is 25.0 Å². The summed E-state index contributed by atoms with van der Waals surface area (Å²) >= 11 is 0. The molecule has 8 heteroatoms. The Morgan fingerprint density at radius 3 is 2.91 bits per heavy atom. The number of nitriles is 1. The summed E-state index contributed by atoms with van der Waals surface area (Å²) in [6, 6.07) is 14.6. The Balaban J connectivity index is 1.24. The first-order valence-corrected chi connectivity index (χ1v) is 12.3. The number of nitrogens with one attached hydrogen (secondary N) is 1. The zero-order valence-electron chi connectivity index (χ0n) is 20.3. The van der Waals surface area contributed by atoms with Crippen LogP contribution in [-0.2, 0) is 11.3 Å². The highest BCUT2D eigenvalue weighted by atomic mass is 16.5. The first kappa shape index (κ1) is 23.5. The van der Waals surface area contributed by atoms with E-state index in [4.69, 9.17) is 4.74 Å². The van der Waals surface area contributed by atoms with Gasteiger partial charge in [0, 0.05) is 67.4 Å². The second kappa shape index (κ2) is 10.2. The Labute approximate surface area is 206 Å². The predicted octanol–water partition coefficient (Wildman–Crippen LogP) is 2.76. The number of aliphatic hydroxyl groups excluding tert-OH is 1. The molecule has 0 bridgehead atoms. The summed E-state index contributed by atoms with van der Waals surface area (Å²) in [5.41, 5.74) is 5.23. The molecule has 0 aliphatic carbocycles. The SMILES string of the molecule is Cc1cc(N2CC[C@H](NC[C@H]3CN(c4ccc(C#N)c5ncccc45)C[C@@H](C)O3)C2)cc(CO)n1. The van der Waals surface area contributed by atoms with Crippen molar-refractivity contribution in [2.45, 2.75) is 45.1 Å². The quantitative estimate of drug-likeness (QED) is 0.565. The van der Waals surface area contributed by atoms with Crippen molar-refractivity contribution in [3.05, 3.63) is 59.5 Å². The van der Waals surface area contributed by atoms with Crippen molar-refractivity contribution >= 4 is 22.3 Å². The summed E-state index contributed by atoms with van der Waals surface area (Å²) in [6.07, 6.45) is 2.98. The zero-order valence-corrected chi connectivity index (χ0v) is 20.3. The van der Waals surface area contributed by atoms with Gasteiger partial charge in [0.1, 0.15) is 6.07 Å². The van der Waals surface area contributed by atoms with Gasteiger partial charge in [-0.1, -0.05) is 0 Å². The Morgan fingerprint density at radius 2 is 2.09 bits per heavy atom. The molecule has 4 heterocycles. The number of aryl methyl sites for hydroxylation is 1. The number of aromatic nitrogens is 2. The van der Waals surface area contributed by atoms with Gasteiger partial charge >= 0.3 is 0 Å². The maximum Gasteiger partial charge on any atom is 0.101 e. The van der Waals surface area contributed by atoms with Crippen LogP contribution in [0.5, 0.6) is 0 Å². The maximum atomic E-state index is 9.49. The van der Waals surface area contributed by atoms with Crippen molar-refractivity contribution < 1.29 is 9.84 Å². The zero-order chi connectivity index (χ0) is 24.4. The fourth-order valence-electron chi connectivity index (χ4n) is 5.32. The molecule has 0 spiro atoms. The number of hydrogen-bond donors (Lipinski definition) is 2. The first-order valence-electron chi connectivity index (χ1n) is 12.3. The number of rotatable bonds is 6. The van der Waals surface area contributed by atoms with Crippen molar-refractivity contribution in [3.63, 3.8) is 0 Å². The van der Waals surface area contributed by atoms with E-state index in [9.17, 15) is 10.4 Å². The molecule has 0 saturated carbocycles. The Bertz CT molecular complexity index is 1240. The molecule has 2 N–H and O–H groups in total. The van der Waals surface area contributed by atoms with Crippen LogP contribution < -0.4 is 15.1 Å². The average molecular weight is 473 g/mol. The molecule has 35 heavy (non-hydrogen) atoms. The summed E-state index contributed by atoms with van der Waals surface area (Å²) < 4.78 is 6.29. The molecule has 1 aromatic carbocycles. The molecule has 2 fully saturated rings. The second-order valence-electron chi connectivity index (χ2n) is 9.57. The van der Waals surface area contributed by atoms with E-state index in [1.54, 1.807) is 6.20 Å². The summed E-state index contributed by atoms with van der Waals surface area (Å²) in [5, 5.41) is 23.7. The standard InChI is InChI=1S/C27H32N6O2/c1-18-10-23(11-22(17-34)31-18)32-9-7-21(15-32)30-13-24-16-33(14-19(2)35-24)26-6-5-20(12-28)27-25(26)4-3-8-29-27/h3-6,8,10-11,19,21,24,30,34H,7,9,13-17H2,1-2H3/t19-,21+,24+/m1/s1. The minimum absolute atomic E-state index is 0.0392. The van der Waals surface area contributed by atoms with Crippen LogP contribution in [0.25, 0.3) is 10.9 Å². The Kier molecular flexibility index (Phi) is 6.82. The van der Waals surface area contributed by atoms with Gasteiger partial charge in [-0.05, 0) is 56.7 Å². The number of nitrogens with zero attached hydrogens (tertiary/aromatic N) is 5. The molecule has 3 aromatic rings. The number of aliphatic hydroxyl groups is 1. The molecule has 2 aromatic heterocycles. The molecule has 0 amide bonds. The molecule has 2 aliphatic rings. The molecular weight excluding hydrogens is 440 g/mol. The van der Waals surface area contributed by atoms with Crippen LogP contribution in [0.2, 0.25) is 0 Å². The van der Waals surface area contributed by atoms with Crippen LogP contribution in [0.15, 0.2) is 42.6 Å². The van der Waals surface area contributed by atoms with Gasteiger partial charge in [0.25, 0.3) is 0 Å². The number of anilines is 2. The van der Waals surface area contributed by atoms with Gasteiger partial charge in [0.15, 0.2) is 0 Å². The molecule has 182 valence electrons. The summed E-state index contributed by atoms with van der Waals surface area (Å²) in [5.74, 6) is 0. The molecule has 0 radical (unpaired) electrons. The molecule has 5 rings (SSSR count). The molecule has 8 nitrogen and oxygen atoms in total. The number of hydrogen-bond acceptors (Lipinski definition) is 8. The van der Waals surface area contributed by atoms with Crippen LogP contribution in [-0.4, -0.2) is 66.0 Å². The first-order chi connectivity index (χ1) is 17.0. The maximum absolute atomic E-state index is 9.49. The van der Waals surface area contributed by atoms with E-state index in [0.717, 1.165) is 67.1 Å². The third-order valence-electron chi connectivity index (χ3n) is 6.87. The van der Waals surface area contributed by atoms with Gasteiger partial charge in [0.2, 0.25) is 0 Å². The lowest BCUT2D eigenvalue weighted by molar-refractivity contribution is -0.0155. The number of benzene rings is 1. The summed E-state index contributed by atoms with van der Waals surface area (Å²) in [7, 11) is 0. The minimum Gasteiger partial charge on any atom is -0.390 e. The highest BCUT2D eigenvalue weighted by molar-refractivity contribution is 5.95. The van der Waals surface area contributed by atoms with E-state index in [0.29, 0.717) is 17.3 Å². The topological polar surface area (TPSA) is 97.5 Å². The number of ether oxygens (including phenoxy) is 1. The van der Waals surface area contributed by atoms with E-state index in [1.165, 1.54) is 0 Å². The smallest absolute Gasteiger partial charge is 0.101 e. The van der Waals surface area contributed by atoms with E-state index >= 15 is 0 Å². The predicted molar refractivity (Wildman–Crippen MR) is 137 cm³/mol. The Hall–Kier alpha value is -3.25. The van der Waals surface area contributed by atoms with E-state index in [1.807, 2.05) is 37.3 Å². The number of pyridine rings is 2. The fourth-order valence-corrected chi connectivity index (χ4v) is 5.32. The van der Waals surface area contributed by atoms with Crippen molar-refractivity contribution in [1.82, 2.24) is 15.3 Å². The number of fused-ring (bicyclic) bond motifs is 1. The molecular formula is C27H32N6O2. The molecule has 0 unspecified atom stereocenters. The molecule has 3 atom stereocenters. The van der Waals surface area contributed by atoms with Crippen molar-refractivity contribution in [3.8, 4) is 6.07 Å². The van der Waals surface area contributed by atoms with Crippen molar-refractivity contribution in [1.29, 1.82) is 5.26 Å². The Morgan fingerprint density at radius 1 is 1.20 bits per heavy atom. The van der Waals surface area contributed by atoms with Gasteiger partial charge in [-0.15, -0.1) is 0 Å². The highest BCUT2D eigenvalue weighted by Gasteiger charge is 2.29. The third kappa shape index (κ3) is 5.08. The van der Waals surface area contributed by atoms with Crippen LogP contribution in [0, 0.1) is 18.3 Å². The third-order valence-corrected chi connectivity index (χ3v) is 6.87. The molecule has 2 aliphatic heterocycles. The van der Waals surface area contributed by atoms with E-state index in [2.05, 4.69) is 44.1 Å². The van der Waals surface area contributed by atoms with E-state index in [-0.39, 0.29) is 18.8 Å². The van der Waals surface area contributed by atoms with Gasteiger partial charge in [-0.3, -0.25) is 9.97 Å². The van der Waals surface area contributed by atoms with Gasteiger partial charge in [-0.25, -0.2) is 0 Å². The fraction of sp³-hybridized carbons (Fsp3) is 0.444. The molecule has 2 saturated heterocycles. The van der Waals surface area contributed by atoms with Crippen LogP contribution in [0.3, 0.4) is 0 Å². The van der Waals surface area contributed by atoms with Crippen molar-refractivity contribution in [2.24, 2.45) is 0 Å². The monoisotopic (exact) mass is 472 g/mol. The minimum atomic E-state index is -0.0392. The lowest BCUT2D eigenvalue weighted by Gasteiger charge is -2.39. The largest absolute Gasteiger partial charge is 0.390 e. The van der Waals surface area contributed by atoms with Crippen LogP contribution in [0.1, 0.15) is 30.3 Å². The number of morpholine rings is 1. The highest BCUT2D eigenvalue weighted by Crippen LogP contribution is 2.30.